The minimum absolute atomic E-state index is 0.0423. The number of carbonyl (C=O) groups excluding carboxylic acids is 3. The number of allylic oxidation sites excluding steroid dienone is 1. The maximum Gasteiger partial charge on any atom is 0.508 e. The van der Waals surface area contributed by atoms with Crippen molar-refractivity contribution in [3.8, 4) is 0 Å². The van der Waals surface area contributed by atoms with Crippen LogP contribution in [-0.4, -0.2) is 41.9 Å². The Morgan fingerprint density at radius 3 is 2.34 bits per heavy atom. The minimum Gasteiger partial charge on any atom is -0.461 e. The molecule has 1 atom stereocenters. The summed E-state index contributed by atoms with van der Waals surface area (Å²) in [6.07, 6.45) is 6.71. The molecular weight excluding hydrogens is 649 g/mol. The number of nitrogens with one attached hydrogen (secondary N) is 1. The average molecular weight is 686 g/mol. The largest absolute Gasteiger partial charge is 0.508 e. The molecule has 1 aliphatic rings. The van der Waals surface area contributed by atoms with Crippen molar-refractivity contribution in [3.63, 3.8) is 0 Å². The molecule has 0 aromatic carbocycles. The van der Waals surface area contributed by atoms with Crippen LogP contribution < -0.4 is 11.2 Å². The molecule has 41 heavy (non-hydrogen) atoms. The first-order valence-corrected chi connectivity index (χ1v) is 14.8. The third-order valence-corrected chi connectivity index (χ3v) is 7.54. The number of H-pyrrole nitrogens is 1. The maximum atomic E-state index is 12.5. The van der Waals surface area contributed by atoms with E-state index in [0.717, 1.165) is 30.9 Å². The zero-order valence-corrected chi connectivity index (χ0v) is 25.8. The fourth-order valence-electron chi connectivity index (χ4n) is 4.43. The number of aromatic amines is 1. The standard InChI is InChI=1S/C29H36INO10/c1-4-5-6-7-8-9-10-11-23(32)38-16-29(14-21(18(2)3)27(35)41-29)17-39-28(36)37-15-19-12-24(33)40-26-20(19)13-22(30)25(34)31-26/h12-13H,4-11,14-17H2,1-3H3,(H,31,34). The van der Waals surface area contributed by atoms with Gasteiger partial charge in [-0.05, 0) is 48.9 Å². The van der Waals surface area contributed by atoms with Gasteiger partial charge in [0.2, 0.25) is 5.71 Å². The van der Waals surface area contributed by atoms with Gasteiger partial charge in [-0.25, -0.2) is 14.4 Å². The van der Waals surface area contributed by atoms with Crippen LogP contribution in [0.15, 0.2) is 37.3 Å². The summed E-state index contributed by atoms with van der Waals surface area (Å²) in [7, 11) is 0. The van der Waals surface area contributed by atoms with Crippen LogP contribution in [0.5, 0.6) is 0 Å². The number of carbonyl (C=O) groups is 3. The van der Waals surface area contributed by atoms with E-state index in [-0.39, 0.29) is 31.8 Å². The van der Waals surface area contributed by atoms with Gasteiger partial charge in [0.1, 0.15) is 19.8 Å². The van der Waals surface area contributed by atoms with Crippen molar-refractivity contribution in [2.24, 2.45) is 0 Å². The molecular formula is C29H36INO10. The van der Waals surface area contributed by atoms with Gasteiger partial charge in [-0.15, -0.1) is 0 Å². The number of pyridine rings is 1. The summed E-state index contributed by atoms with van der Waals surface area (Å²) >= 11 is 1.83. The lowest BCUT2D eigenvalue weighted by atomic mass is 9.97. The molecule has 0 radical (unpaired) electrons. The normalized spacial score (nSPS) is 16.5. The molecule has 1 unspecified atom stereocenters. The number of halogens is 1. The Hall–Kier alpha value is -3.16. The zero-order chi connectivity index (χ0) is 30.0. The highest BCUT2D eigenvalue weighted by Crippen LogP contribution is 2.34. The van der Waals surface area contributed by atoms with Gasteiger partial charge in [0, 0.05) is 35.4 Å². The van der Waals surface area contributed by atoms with Gasteiger partial charge in [0.15, 0.2) is 5.60 Å². The van der Waals surface area contributed by atoms with Crippen molar-refractivity contribution in [1.82, 2.24) is 4.98 Å². The zero-order valence-electron chi connectivity index (χ0n) is 23.6. The van der Waals surface area contributed by atoms with Crippen molar-refractivity contribution >= 4 is 51.8 Å². The molecule has 2 aromatic heterocycles. The molecule has 0 bridgehead atoms. The van der Waals surface area contributed by atoms with Gasteiger partial charge in [0.05, 0.1) is 3.57 Å². The Labute approximate surface area is 251 Å². The van der Waals surface area contributed by atoms with E-state index in [0.29, 0.717) is 26.5 Å². The highest BCUT2D eigenvalue weighted by Gasteiger charge is 2.46. The molecule has 1 aliphatic heterocycles. The number of esters is 2. The van der Waals surface area contributed by atoms with Crippen LogP contribution in [-0.2, 0) is 35.1 Å². The average Bonchev–Trinajstić information content (AvgIpc) is 3.26. The van der Waals surface area contributed by atoms with Crippen molar-refractivity contribution in [2.75, 3.05) is 13.2 Å². The van der Waals surface area contributed by atoms with Gasteiger partial charge < -0.3 is 23.4 Å². The predicted octanol–water partition coefficient (Wildman–Crippen LogP) is 5.45. The molecule has 12 heteroatoms. The lowest BCUT2D eigenvalue weighted by Crippen LogP contribution is -2.41. The molecule has 1 N–H and O–H groups in total. The highest BCUT2D eigenvalue weighted by atomic mass is 127. The third kappa shape index (κ3) is 9.44. The first kappa shape index (κ1) is 32.4. The Morgan fingerprint density at radius 1 is 0.976 bits per heavy atom. The first-order valence-electron chi connectivity index (χ1n) is 13.7. The second kappa shape index (κ2) is 15.2. The van der Waals surface area contributed by atoms with Crippen LogP contribution >= 0.6 is 22.6 Å². The summed E-state index contributed by atoms with van der Waals surface area (Å²) in [6.45, 7) is 4.68. The fraction of sp³-hybridized carbons (Fsp3) is 0.552. The molecule has 3 rings (SSSR count). The topological polar surface area (TPSA) is 151 Å². The second-order valence-corrected chi connectivity index (χ2v) is 11.5. The van der Waals surface area contributed by atoms with Crippen LogP contribution in [0.4, 0.5) is 4.79 Å². The Balaban J connectivity index is 1.58. The monoisotopic (exact) mass is 685 g/mol. The third-order valence-electron chi connectivity index (χ3n) is 6.74. The molecule has 224 valence electrons. The number of hydrogen-bond donors (Lipinski definition) is 1. The lowest BCUT2D eigenvalue weighted by Gasteiger charge is -2.26. The van der Waals surface area contributed by atoms with E-state index in [1.807, 2.05) is 22.6 Å². The molecule has 1 saturated heterocycles. The number of unbranched alkanes of at least 4 members (excludes halogenated alkanes) is 6. The van der Waals surface area contributed by atoms with Crippen LogP contribution in [0.3, 0.4) is 0 Å². The van der Waals surface area contributed by atoms with Gasteiger partial charge in [-0.1, -0.05) is 51.0 Å². The number of cyclic esters (lactones) is 1. The van der Waals surface area contributed by atoms with Gasteiger partial charge in [0.25, 0.3) is 5.56 Å². The van der Waals surface area contributed by atoms with E-state index < -0.39 is 41.5 Å². The van der Waals surface area contributed by atoms with Crippen molar-refractivity contribution < 1.29 is 37.7 Å². The molecule has 0 aliphatic carbocycles. The van der Waals surface area contributed by atoms with Crippen LogP contribution in [0.1, 0.15) is 84.1 Å². The van der Waals surface area contributed by atoms with Crippen LogP contribution in [0.2, 0.25) is 0 Å². The van der Waals surface area contributed by atoms with Gasteiger partial charge >= 0.3 is 23.7 Å². The minimum atomic E-state index is -1.38. The maximum absolute atomic E-state index is 12.5. The van der Waals surface area contributed by atoms with Crippen molar-refractivity contribution in [3.05, 3.63) is 53.2 Å². The molecule has 3 heterocycles. The predicted molar refractivity (Wildman–Crippen MR) is 157 cm³/mol. The number of fused-ring (bicyclic) bond motifs is 1. The number of hydrogen-bond acceptors (Lipinski definition) is 10. The Kier molecular flexibility index (Phi) is 12.0. The van der Waals surface area contributed by atoms with E-state index in [1.165, 1.54) is 25.3 Å². The van der Waals surface area contributed by atoms with Gasteiger partial charge in [-0.2, -0.15) is 0 Å². The first-order chi connectivity index (χ1) is 19.5. The van der Waals surface area contributed by atoms with E-state index in [2.05, 4.69) is 11.9 Å². The van der Waals surface area contributed by atoms with E-state index in [9.17, 15) is 24.0 Å². The number of ether oxygens (including phenoxy) is 4. The van der Waals surface area contributed by atoms with Crippen molar-refractivity contribution in [2.45, 2.75) is 90.8 Å². The Morgan fingerprint density at radius 2 is 1.66 bits per heavy atom. The highest BCUT2D eigenvalue weighted by molar-refractivity contribution is 14.1. The summed E-state index contributed by atoms with van der Waals surface area (Å²) in [4.78, 5) is 63.6. The smallest absolute Gasteiger partial charge is 0.461 e. The molecule has 0 spiro atoms. The second-order valence-electron chi connectivity index (χ2n) is 10.4. The van der Waals surface area contributed by atoms with Gasteiger partial charge in [-0.3, -0.25) is 14.6 Å². The summed E-state index contributed by atoms with van der Waals surface area (Å²) in [5.41, 5.74) is -1.10. The van der Waals surface area contributed by atoms with E-state index in [1.54, 1.807) is 13.8 Å². The van der Waals surface area contributed by atoms with Crippen LogP contribution in [0.25, 0.3) is 11.1 Å². The summed E-state index contributed by atoms with van der Waals surface area (Å²) < 4.78 is 26.9. The molecule has 0 saturated carbocycles. The van der Waals surface area contributed by atoms with E-state index in [4.69, 9.17) is 23.4 Å². The summed E-state index contributed by atoms with van der Waals surface area (Å²) in [5.74, 6) is -0.971. The SMILES string of the molecule is CCCCCCCCCC(=O)OCC1(COC(=O)OCc2cc(=O)oc3[nH]c(=O)c(I)cc23)CC(=C(C)C)C(=O)O1. The Bertz CT molecular complexity index is 1400. The molecule has 2 aromatic rings. The van der Waals surface area contributed by atoms with Crippen molar-refractivity contribution in [1.29, 1.82) is 0 Å². The fourth-order valence-corrected chi connectivity index (χ4v) is 4.87. The summed E-state index contributed by atoms with van der Waals surface area (Å²) in [6, 6.07) is 2.66. The number of rotatable bonds is 14. The lowest BCUT2D eigenvalue weighted by molar-refractivity contribution is -0.167. The molecule has 11 nitrogen and oxygen atoms in total. The summed E-state index contributed by atoms with van der Waals surface area (Å²) in [5, 5.41) is 0.392. The van der Waals surface area contributed by atoms with E-state index >= 15 is 0 Å². The molecule has 0 amide bonds. The molecule has 1 fully saturated rings. The quantitative estimate of drug-likeness (QED) is 0.0895. The van der Waals surface area contributed by atoms with Crippen LogP contribution in [0, 0.1) is 3.57 Å². The number of aromatic nitrogens is 1.